The maximum Gasteiger partial charge on any atom is 0.258 e. The molecule has 27 heavy (non-hydrogen) atoms. The first-order valence-corrected chi connectivity index (χ1v) is 9.18. The van der Waals surface area contributed by atoms with E-state index in [1.165, 1.54) is 0 Å². The van der Waals surface area contributed by atoms with Gasteiger partial charge in [0.25, 0.3) is 5.56 Å². The molecule has 6 heteroatoms. The smallest absolute Gasteiger partial charge is 0.258 e. The van der Waals surface area contributed by atoms with Crippen LogP contribution in [-0.4, -0.2) is 32.4 Å². The first-order valence-electron chi connectivity index (χ1n) is 9.18. The molecule has 3 aromatic rings. The fourth-order valence-electron chi connectivity index (χ4n) is 3.73. The summed E-state index contributed by atoms with van der Waals surface area (Å²) in [5.74, 6) is 0.815. The van der Waals surface area contributed by atoms with Crippen LogP contribution in [0.4, 0.5) is 0 Å². The van der Waals surface area contributed by atoms with Crippen molar-refractivity contribution in [2.45, 2.75) is 31.7 Å². The van der Waals surface area contributed by atoms with Crippen LogP contribution < -0.4 is 5.56 Å². The standard InChI is InChI=1S/C21H21N3O3/c25-15-9-7-14(8-10-15)18-6-3-13-24(18)20(26)12-11-19-22-17-5-2-1-4-16(17)21(27)23-19/h1-2,4-5,7-10,18,25H,3,6,11-13H2,(H,22,23,27). The van der Waals surface area contributed by atoms with Gasteiger partial charge in [-0.15, -0.1) is 0 Å². The number of phenolic OH excluding ortho intramolecular Hbond substituents is 1. The molecule has 2 heterocycles. The Morgan fingerprint density at radius 2 is 1.96 bits per heavy atom. The number of aromatic hydroxyl groups is 1. The van der Waals surface area contributed by atoms with Gasteiger partial charge in [-0.25, -0.2) is 4.98 Å². The van der Waals surface area contributed by atoms with Gasteiger partial charge in [-0.2, -0.15) is 0 Å². The van der Waals surface area contributed by atoms with Crippen molar-refractivity contribution in [3.8, 4) is 5.75 Å². The molecule has 2 N–H and O–H groups in total. The Morgan fingerprint density at radius 3 is 2.78 bits per heavy atom. The second kappa shape index (κ2) is 7.23. The summed E-state index contributed by atoms with van der Waals surface area (Å²) in [4.78, 5) is 34.1. The van der Waals surface area contributed by atoms with Crippen LogP contribution in [0, 0.1) is 0 Å². The fraction of sp³-hybridized carbons (Fsp3) is 0.286. The topological polar surface area (TPSA) is 86.3 Å². The summed E-state index contributed by atoms with van der Waals surface area (Å²) in [5, 5.41) is 10.0. The van der Waals surface area contributed by atoms with E-state index < -0.39 is 0 Å². The number of phenols is 1. The van der Waals surface area contributed by atoms with Gasteiger partial charge in [0.1, 0.15) is 11.6 Å². The molecule has 0 saturated carbocycles. The Labute approximate surface area is 156 Å². The molecule has 0 aliphatic carbocycles. The average molecular weight is 363 g/mol. The molecule has 1 aliphatic heterocycles. The third kappa shape index (κ3) is 3.56. The first kappa shape index (κ1) is 17.3. The zero-order valence-corrected chi connectivity index (χ0v) is 14.9. The van der Waals surface area contributed by atoms with Crippen LogP contribution in [0.5, 0.6) is 5.75 Å². The van der Waals surface area contributed by atoms with Gasteiger partial charge in [-0.1, -0.05) is 24.3 Å². The van der Waals surface area contributed by atoms with Crippen LogP contribution in [-0.2, 0) is 11.2 Å². The van der Waals surface area contributed by atoms with Gasteiger partial charge < -0.3 is 15.0 Å². The van der Waals surface area contributed by atoms with Gasteiger partial charge in [0.05, 0.1) is 16.9 Å². The van der Waals surface area contributed by atoms with Gasteiger partial charge in [0.2, 0.25) is 5.91 Å². The Bertz CT molecular complexity index is 1030. The number of H-pyrrole nitrogens is 1. The summed E-state index contributed by atoms with van der Waals surface area (Å²) in [5.41, 5.74) is 1.51. The predicted octanol–water partition coefficient (Wildman–Crippen LogP) is 2.93. The van der Waals surface area contributed by atoms with E-state index in [0.717, 1.165) is 24.9 Å². The van der Waals surface area contributed by atoms with Crippen molar-refractivity contribution in [3.63, 3.8) is 0 Å². The molecule has 1 saturated heterocycles. The molecule has 1 amide bonds. The summed E-state index contributed by atoms with van der Waals surface area (Å²) in [6.45, 7) is 0.728. The molecule has 4 rings (SSSR count). The average Bonchev–Trinajstić information content (AvgIpc) is 3.17. The maximum atomic E-state index is 12.8. The van der Waals surface area contributed by atoms with E-state index in [1.807, 2.05) is 23.1 Å². The lowest BCUT2D eigenvalue weighted by atomic mass is 10.0. The van der Waals surface area contributed by atoms with Crippen LogP contribution in [0.3, 0.4) is 0 Å². The molecule has 2 aromatic carbocycles. The number of rotatable bonds is 4. The van der Waals surface area contributed by atoms with E-state index in [4.69, 9.17) is 0 Å². The van der Waals surface area contributed by atoms with Gasteiger partial charge in [-0.05, 0) is 42.7 Å². The molecule has 0 radical (unpaired) electrons. The summed E-state index contributed by atoms with van der Waals surface area (Å²) in [7, 11) is 0. The highest BCUT2D eigenvalue weighted by molar-refractivity contribution is 5.78. The number of aromatic nitrogens is 2. The van der Waals surface area contributed by atoms with E-state index in [-0.39, 0.29) is 23.3 Å². The molecular weight excluding hydrogens is 342 g/mol. The third-order valence-corrected chi connectivity index (χ3v) is 5.09. The largest absolute Gasteiger partial charge is 0.508 e. The second-order valence-electron chi connectivity index (χ2n) is 6.87. The molecule has 1 aromatic heterocycles. The number of carbonyl (C=O) groups excluding carboxylic acids is 1. The Hall–Kier alpha value is -3.15. The number of benzene rings is 2. The van der Waals surface area contributed by atoms with Crippen molar-refractivity contribution >= 4 is 16.8 Å². The molecule has 0 bridgehead atoms. The van der Waals surface area contributed by atoms with Crippen molar-refractivity contribution in [2.75, 3.05) is 6.54 Å². The molecule has 138 valence electrons. The number of nitrogens with one attached hydrogen (secondary N) is 1. The van der Waals surface area contributed by atoms with Crippen molar-refractivity contribution in [2.24, 2.45) is 0 Å². The monoisotopic (exact) mass is 363 g/mol. The molecule has 1 aliphatic rings. The minimum Gasteiger partial charge on any atom is -0.508 e. The third-order valence-electron chi connectivity index (χ3n) is 5.09. The molecule has 6 nitrogen and oxygen atoms in total. The van der Waals surface area contributed by atoms with Crippen molar-refractivity contribution in [1.82, 2.24) is 14.9 Å². The lowest BCUT2D eigenvalue weighted by molar-refractivity contribution is -0.132. The van der Waals surface area contributed by atoms with Crippen LogP contribution in [0.25, 0.3) is 10.9 Å². The molecule has 1 fully saturated rings. The first-order chi connectivity index (χ1) is 13.1. The normalized spacial score (nSPS) is 16.7. The van der Waals surface area contributed by atoms with Gasteiger partial charge in [0, 0.05) is 19.4 Å². The highest BCUT2D eigenvalue weighted by Gasteiger charge is 2.29. The van der Waals surface area contributed by atoms with Crippen LogP contribution >= 0.6 is 0 Å². The van der Waals surface area contributed by atoms with Crippen molar-refractivity contribution in [1.29, 1.82) is 0 Å². The van der Waals surface area contributed by atoms with Gasteiger partial charge >= 0.3 is 0 Å². The maximum absolute atomic E-state index is 12.8. The number of amides is 1. The van der Waals surface area contributed by atoms with E-state index in [9.17, 15) is 14.7 Å². The summed E-state index contributed by atoms with van der Waals surface area (Å²) in [6.07, 6.45) is 2.58. The summed E-state index contributed by atoms with van der Waals surface area (Å²) in [6, 6.07) is 14.3. The van der Waals surface area contributed by atoms with Crippen LogP contribution in [0.15, 0.2) is 53.3 Å². The Morgan fingerprint density at radius 1 is 1.19 bits per heavy atom. The molecule has 1 unspecified atom stereocenters. The van der Waals surface area contributed by atoms with Crippen LogP contribution in [0.2, 0.25) is 0 Å². The van der Waals surface area contributed by atoms with E-state index in [2.05, 4.69) is 9.97 Å². The summed E-state index contributed by atoms with van der Waals surface area (Å²) < 4.78 is 0. The number of fused-ring (bicyclic) bond motifs is 1. The van der Waals surface area contributed by atoms with Gasteiger partial charge in [-0.3, -0.25) is 9.59 Å². The predicted molar refractivity (Wildman–Crippen MR) is 102 cm³/mol. The number of hydrogen-bond acceptors (Lipinski definition) is 4. The van der Waals surface area contributed by atoms with E-state index in [0.29, 0.717) is 29.6 Å². The SMILES string of the molecule is O=C(CCc1nc2ccccc2c(=O)[nH]1)N1CCCC1c1ccc(O)cc1. The fourth-order valence-corrected chi connectivity index (χ4v) is 3.73. The molecule has 1 atom stereocenters. The van der Waals surface area contributed by atoms with E-state index in [1.54, 1.807) is 30.3 Å². The number of aryl methyl sites for hydroxylation is 1. The van der Waals surface area contributed by atoms with E-state index >= 15 is 0 Å². The minimum atomic E-state index is -0.175. The lowest BCUT2D eigenvalue weighted by Gasteiger charge is -2.25. The summed E-state index contributed by atoms with van der Waals surface area (Å²) >= 11 is 0. The number of likely N-dealkylation sites (tertiary alicyclic amines) is 1. The number of para-hydroxylation sites is 1. The Balaban J connectivity index is 1.47. The number of nitrogens with zero attached hydrogens (tertiary/aromatic N) is 2. The minimum absolute atomic E-state index is 0.0433. The quantitative estimate of drug-likeness (QED) is 0.746. The Kier molecular flexibility index (Phi) is 4.62. The number of carbonyl (C=O) groups is 1. The number of hydrogen-bond donors (Lipinski definition) is 2. The number of aromatic amines is 1. The zero-order chi connectivity index (χ0) is 18.8. The van der Waals surface area contributed by atoms with Gasteiger partial charge in [0.15, 0.2) is 0 Å². The highest BCUT2D eigenvalue weighted by atomic mass is 16.3. The lowest BCUT2D eigenvalue weighted by Crippen LogP contribution is -2.31. The molecule has 0 spiro atoms. The van der Waals surface area contributed by atoms with Crippen LogP contribution in [0.1, 0.15) is 36.7 Å². The molecular formula is C21H21N3O3. The second-order valence-corrected chi connectivity index (χ2v) is 6.87. The highest BCUT2D eigenvalue weighted by Crippen LogP contribution is 2.33. The van der Waals surface area contributed by atoms with Crippen molar-refractivity contribution < 1.29 is 9.90 Å². The zero-order valence-electron chi connectivity index (χ0n) is 14.9. The van der Waals surface area contributed by atoms with Crippen molar-refractivity contribution in [3.05, 3.63) is 70.3 Å².